The zero-order valence-corrected chi connectivity index (χ0v) is 18.7. The number of benzene rings is 2. The summed E-state index contributed by atoms with van der Waals surface area (Å²) < 4.78 is 5.50. The third-order valence-corrected chi connectivity index (χ3v) is 6.13. The molecule has 3 rings (SSSR count). The molecule has 0 bridgehead atoms. The molecule has 8 heteroatoms. The Labute approximate surface area is 182 Å². The third kappa shape index (κ3) is 5.59. The van der Waals surface area contributed by atoms with E-state index in [4.69, 9.17) is 4.74 Å². The van der Waals surface area contributed by atoms with E-state index in [2.05, 4.69) is 24.4 Å². The number of quaternary nitrogens is 2. The molecule has 1 saturated heterocycles. The van der Waals surface area contributed by atoms with Gasteiger partial charge in [-0.05, 0) is 44.0 Å². The highest BCUT2D eigenvalue weighted by Gasteiger charge is 2.27. The largest absolute Gasteiger partial charge is 0.496 e. The summed E-state index contributed by atoms with van der Waals surface area (Å²) in [5.41, 5.74) is 4.33. The average Bonchev–Trinajstić information content (AvgIpc) is 2.73. The van der Waals surface area contributed by atoms with Crippen LogP contribution in [0.2, 0.25) is 0 Å². The molecule has 0 aromatic heterocycles. The highest BCUT2D eigenvalue weighted by Crippen LogP contribution is 2.30. The first-order chi connectivity index (χ1) is 14.8. The number of nitro groups is 1. The highest BCUT2D eigenvalue weighted by molar-refractivity contribution is 5.95. The van der Waals surface area contributed by atoms with Gasteiger partial charge in [0.25, 0.3) is 11.6 Å². The molecule has 31 heavy (non-hydrogen) atoms. The van der Waals surface area contributed by atoms with Crippen molar-refractivity contribution in [2.45, 2.75) is 27.3 Å². The molecular formula is C23H32N4O4+2. The van der Waals surface area contributed by atoms with E-state index < -0.39 is 4.92 Å². The van der Waals surface area contributed by atoms with Gasteiger partial charge in [-0.15, -0.1) is 0 Å². The Morgan fingerprint density at radius 2 is 1.77 bits per heavy atom. The number of rotatable bonds is 7. The lowest BCUT2D eigenvalue weighted by Crippen LogP contribution is -3.28. The number of aryl methyl sites for hydroxylation is 2. The SMILES string of the molecule is COc1ccc(C)cc1C[NH+]1CC[NH+](CC(=O)Nc2c([N+](=O)[O-])ccc(C)c2C)CC1. The topological polar surface area (TPSA) is 90.4 Å². The number of ether oxygens (including phenoxy) is 1. The van der Waals surface area contributed by atoms with Gasteiger partial charge < -0.3 is 19.9 Å². The molecule has 1 aliphatic rings. The Bertz CT molecular complexity index is 968. The van der Waals surface area contributed by atoms with E-state index in [0.717, 1.165) is 49.6 Å². The van der Waals surface area contributed by atoms with Crippen LogP contribution in [0.5, 0.6) is 5.75 Å². The lowest BCUT2D eigenvalue weighted by molar-refractivity contribution is -1.02. The van der Waals surface area contributed by atoms with E-state index in [-0.39, 0.29) is 11.6 Å². The molecule has 0 radical (unpaired) electrons. The van der Waals surface area contributed by atoms with Gasteiger partial charge >= 0.3 is 0 Å². The summed E-state index contributed by atoms with van der Waals surface area (Å²) in [7, 11) is 1.70. The van der Waals surface area contributed by atoms with Crippen LogP contribution in [-0.4, -0.2) is 50.7 Å². The van der Waals surface area contributed by atoms with Crippen molar-refractivity contribution in [2.75, 3.05) is 45.2 Å². The summed E-state index contributed by atoms with van der Waals surface area (Å²) in [5.74, 6) is 0.734. The fourth-order valence-electron chi connectivity index (χ4n) is 4.15. The van der Waals surface area contributed by atoms with Gasteiger partial charge in [-0.2, -0.15) is 0 Å². The normalized spacial score (nSPS) is 18.5. The summed E-state index contributed by atoms with van der Waals surface area (Å²) in [6.45, 7) is 10.7. The fraction of sp³-hybridized carbons (Fsp3) is 0.435. The van der Waals surface area contributed by atoms with Crippen molar-refractivity contribution >= 4 is 17.3 Å². The van der Waals surface area contributed by atoms with Crippen molar-refractivity contribution in [3.63, 3.8) is 0 Å². The molecule has 1 amide bonds. The summed E-state index contributed by atoms with van der Waals surface area (Å²) >= 11 is 0. The number of methoxy groups -OCH3 is 1. The molecule has 0 saturated carbocycles. The third-order valence-electron chi connectivity index (χ3n) is 6.13. The molecule has 8 nitrogen and oxygen atoms in total. The number of piperazine rings is 1. The Morgan fingerprint density at radius 3 is 2.42 bits per heavy atom. The first kappa shape index (κ1) is 22.7. The Morgan fingerprint density at radius 1 is 1.10 bits per heavy atom. The molecule has 0 atom stereocenters. The monoisotopic (exact) mass is 428 g/mol. The van der Waals surface area contributed by atoms with Gasteiger partial charge in [-0.25, -0.2) is 0 Å². The van der Waals surface area contributed by atoms with Crippen molar-refractivity contribution < 1.29 is 24.3 Å². The van der Waals surface area contributed by atoms with Crippen LogP contribution in [0.4, 0.5) is 11.4 Å². The number of anilines is 1. The standard InChI is InChI=1S/C23H30N4O4/c1-16-5-8-21(31-4)19(13-16)14-25-9-11-26(12-10-25)15-22(28)24-23-18(3)17(2)6-7-20(23)27(29)30/h5-8,13H,9-12,14-15H2,1-4H3,(H,24,28)/p+2. The van der Waals surface area contributed by atoms with Crippen LogP contribution in [0.25, 0.3) is 0 Å². The first-order valence-corrected chi connectivity index (χ1v) is 10.6. The minimum Gasteiger partial charge on any atom is -0.496 e. The quantitative estimate of drug-likeness (QED) is 0.441. The molecule has 1 heterocycles. The van der Waals surface area contributed by atoms with Gasteiger partial charge in [0.05, 0.1) is 12.0 Å². The number of amides is 1. The number of nitrogens with zero attached hydrogens (tertiary/aromatic N) is 1. The van der Waals surface area contributed by atoms with Gasteiger partial charge in [-0.3, -0.25) is 14.9 Å². The van der Waals surface area contributed by atoms with Crippen molar-refractivity contribution in [3.05, 3.63) is 62.7 Å². The number of nitrogens with one attached hydrogen (secondary N) is 3. The van der Waals surface area contributed by atoms with Crippen molar-refractivity contribution in [2.24, 2.45) is 0 Å². The van der Waals surface area contributed by atoms with Crippen LogP contribution in [0.1, 0.15) is 22.3 Å². The van der Waals surface area contributed by atoms with Gasteiger partial charge in [0.15, 0.2) is 6.54 Å². The van der Waals surface area contributed by atoms with Gasteiger partial charge in [-0.1, -0.05) is 17.7 Å². The molecular weight excluding hydrogens is 396 g/mol. The molecule has 1 aliphatic heterocycles. The van der Waals surface area contributed by atoms with Crippen molar-refractivity contribution in [1.82, 2.24) is 0 Å². The van der Waals surface area contributed by atoms with Crippen LogP contribution in [-0.2, 0) is 11.3 Å². The number of carbonyl (C=O) groups is 1. The summed E-state index contributed by atoms with van der Waals surface area (Å²) in [5, 5.41) is 14.1. The maximum Gasteiger partial charge on any atom is 0.293 e. The van der Waals surface area contributed by atoms with Crippen LogP contribution in [0, 0.1) is 30.9 Å². The smallest absolute Gasteiger partial charge is 0.293 e. The molecule has 0 aliphatic carbocycles. The van der Waals surface area contributed by atoms with Crippen LogP contribution in [0.3, 0.4) is 0 Å². The molecule has 2 aromatic carbocycles. The van der Waals surface area contributed by atoms with E-state index in [1.54, 1.807) is 20.1 Å². The van der Waals surface area contributed by atoms with Crippen molar-refractivity contribution in [3.8, 4) is 5.75 Å². The van der Waals surface area contributed by atoms with Crippen molar-refractivity contribution in [1.29, 1.82) is 0 Å². The molecule has 1 fully saturated rings. The summed E-state index contributed by atoms with van der Waals surface area (Å²) in [6.07, 6.45) is 0. The Hall–Kier alpha value is -2.97. The molecule has 0 spiro atoms. The number of carbonyl (C=O) groups excluding carboxylic acids is 1. The van der Waals surface area contributed by atoms with E-state index in [1.807, 2.05) is 13.0 Å². The minimum atomic E-state index is -0.448. The zero-order valence-electron chi connectivity index (χ0n) is 18.7. The predicted octanol–water partition coefficient (Wildman–Crippen LogP) is 0.451. The van der Waals surface area contributed by atoms with E-state index in [9.17, 15) is 14.9 Å². The minimum absolute atomic E-state index is 0.0622. The average molecular weight is 429 g/mol. The first-order valence-electron chi connectivity index (χ1n) is 10.6. The van der Waals surface area contributed by atoms with Gasteiger partial charge in [0.2, 0.25) is 0 Å². The van der Waals surface area contributed by atoms with Crippen LogP contribution in [0.15, 0.2) is 30.3 Å². The second kappa shape index (κ2) is 9.89. The van der Waals surface area contributed by atoms with E-state index in [0.29, 0.717) is 12.2 Å². The predicted molar refractivity (Wildman–Crippen MR) is 119 cm³/mol. The number of hydrogen-bond donors (Lipinski definition) is 3. The number of hydrogen-bond acceptors (Lipinski definition) is 4. The molecule has 0 unspecified atom stereocenters. The summed E-state index contributed by atoms with van der Waals surface area (Å²) in [4.78, 5) is 26.2. The van der Waals surface area contributed by atoms with Gasteiger partial charge in [0, 0.05) is 11.6 Å². The van der Waals surface area contributed by atoms with Crippen LogP contribution >= 0.6 is 0 Å². The Kier molecular flexibility index (Phi) is 7.25. The van der Waals surface area contributed by atoms with Gasteiger partial charge in [0.1, 0.15) is 44.2 Å². The molecule has 3 N–H and O–H groups in total. The maximum absolute atomic E-state index is 12.6. The zero-order chi connectivity index (χ0) is 22.5. The molecule has 2 aromatic rings. The fourth-order valence-corrected chi connectivity index (χ4v) is 4.15. The summed E-state index contributed by atoms with van der Waals surface area (Å²) in [6, 6.07) is 9.41. The second-order valence-corrected chi connectivity index (χ2v) is 8.38. The Balaban J connectivity index is 1.56. The van der Waals surface area contributed by atoms with E-state index >= 15 is 0 Å². The second-order valence-electron chi connectivity index (χ2n) is 8.38. The lowest BCUT2D eigenvalue weighted by Gasteiger charge is -2.29. The lowest BCUT2D eigenvalue weighted by atomic mass is 10.1. The van der Waals surface area contributed by atoms with E-state index in [1.165, 1.54) is 27.0 Å². The number of nitro benzene ring substituents is 1. The maximum atomic E-state index is 12.6. The van der Waals surface area contributed by atoms with Crippen LogP contribution < -0.4 is 19.9 Å². The highest BCUT2D eigenvalue weighted by atomic mass is 16.6. The molecule has 166 valence electrons.